The van der Waals surface area contributed by atoms with Gasteiger partial charge in [0.15, 0.2) is 0 Å². The van der Waals surface area contributed by atoms with Crippen LogP contribution in [-0.2, 0) is 0 Å². The van der Waals surface area contributed by atoms with Crippen LogP contribution in [0.1, 0.15) is 11.1 Å². The second-order valence-corrected chi connectivity index (χ2v) is 1.87. The standard InChI is InChI=1S/C9H6N/c1-2-8-4-3-5-9(6-8)7-10/h3-6H,1H2. The summed E-state index contributed by atoms with van der Waals surface area (Å²) in [4.78, 5) is 0. The first-order chi connectivity index (χ1) is 4.86. The van der Waals surface area contributed by atoms with Crippen LogP contribution in [0.4, 0.5) is 0 Å². The van der Waals surface area contributed by atoms with Gasteiger partial charge in [0.2, 0.25) is 0 Å². The summed E-state index contributed by atoms with van der Waals surface area (Å²) < 4.78 is 0. The molecule has 0 aliphatic rings. The zero-order chi connectivity index (χ0) is 7.40. The van der Waals surface area contributed by atoms with Crippen molar-refractivity contribution in [1.29, 1.82) is 5.26 Å². The molecule has 0 unspecified atom stereocenters. The van der Waals surface area contributed by atoms with Gasteiger partial charge < -0.3 is 0 Å². The number of rotatable bonds is 1. The number of benzene rings is 1. The highest BCUT2D eigenvalue weighted by Crippen LogP contribution is 2.02. The first-order valence-corrected chi connectivity index (χ1v) is 2.90. The molecule has 1 heteroatoms. The largest absolute Gasteiger partial charge is 0.192 e. The third-order valence-corrected chi connectivity index (χ3v) is 1.20. The average Bonchev–Trinajstić information content (AvgIpc) is 2.05. The summed E-state index contributed by atoms with van der Waals surface area (Å²) in [6, 6.07) is 9.19. The van der Waals surface area contributed by atoms with E-state index in [4.69, 9.17) is 5.26 Å². The van der Waals surface area contributed by atoms with Crippen molar-refractivity contribution in [2.75, 3.05) is 0 Å². The molecule has 0 fully saturated rings. The van der Waals surface area contributed by atoms with Crippen LogP contribution in [0, 0.1) is 17.4 Å². The normalized spacial score (nSPS) is 8.30. The SMILES string of the molecule is C=[C]c1cccc(C#N)c1. The average molecular weight is 128 g/mol. The van der Waals surface area contributed by atoms with Gasteiger partial charge in [0.1, 0.15) is 0 Å². The van der Waals surface area contributed by atoms with Gasteiger partial charge in [-0.1, -0.05) is 18.7 Å². The van der Waals surface area contributed by atoms with E-state index in [1.807, 2.05) is 18.2 Å². The molecule has 1 rings (SSSR count). The Kier molecular flexibility index (Phi) is 1.86. The van der Waals surface area contributed by atoms with Crippen LogP contribution in [0.3, 0.4) is 0 Å². The van der Waals surface area contributed by atoms with Gasteiger partial charge >= 0.3 is 0 Å². The van der Waals surface area contributed by atoms with Gasteiger partial charge in [-0.2, -0.15) is 5.26 Å². The predicted octanol–water partition coefficient (Wildman–Crippen LogP) is 1.90. The van der Waals surface area contributed by atoms with E-state index < -0.39 is 0 Å². The lowest BCUT2D eigenvalue weighted by atomic mass is 10.1. The Balaban J connectivity index is 3.13. The molecule has 1 aromatic rings. The lowest BCUT2D eigenvalue weighted by molar-refractivity contribution is 1.46. The molecule has 0 saturated carbocycles. The molecule has 0 atom stereocenters. The van der Waals surface area contributed by atoms with E-state index >= 15 is 0 Å². The maximum absolute atomic E-state index is 8.46. The van der Waals surface area contributed by atoms with E-state index in [2.05, 4.69) is 12.7 Å². The van der Waals surface area contributed by atoms with Crippen LogP contribution < -0.4 is 0 Å². The number of hydrogen-bond donors (Lipinski definition) is 0. The van der Waals surface area contributed by atoms with Crippen molar-refractivity contribution >= 4 is 0 Å². The topological polar surface area (TPSA) is 23.8 Å². The van der Waals surface area contributed by atoms with Gasteiger partial charge in [-0.05, 0) is 23.8 Å². The van der Waals surface area contributed by atoms with E-state index in [1.165, 1.54) is 0 Å². The van der Waals surface area contributed by atoms with Crippen LogP contribution in [0.2, 0.25) is 0 Å². The third kappa shape index (κ3) is 1.24. The lowest BCUT2D eigenvalue weighted by Gasteiger charge is -1.89. The van der Waals surface area contributed by atoms with Crippen LogP contribution in [0.25, 0.3) is 0 Å². The molecule has 0 bridgehead atoms. The molecule has 0 N–H and O–H groups in total. The summed E-state index contributed by atoms with van der Waals surface area (Å²) >= 11 is 0. The summed E-state index contributed by atoms with van der Waals surface area (Å²) in [5, 5.41) is 8.46. The minimum absolute atomic E-state index is 0.647. The Morgan fingerprint density at radius 2 is 2.00 bits per heavy atom. The second-order valence-electron chi connectivity index (χ2n) is 1.87. The van der Waals surface area contributed by atoms with Crippen molar-refractivity contribution in [2.45, 2.75) is 0 Å². The van der Waals surface area contributed by atoms with Crippen LogP contribution in [0.15, 0.2) is 30.8 Å². The fraction of sp³-hybridized carbons (Fsp3) is 0. The highest BCUT2D eigenvalue weighted by Gasteiger charge is 1.88. The number of hydrogen-bond acceptors (Lipinski definition) is 1. The van der Waals surface area contributed by atoms with E-state index in [9.17, 15) is 0 Å². The molecule has 47 valence electrons. The van der Waals surface area contributed by atoms with Gasteiger partial charge in [0, 0.05) is 0 Å². The lowest BCUT2D eigenvalue weighted by Crippen LogP contribution is -1.75. The highest BCUT2D eigenvalue weighted by atomic mass is 14.2. The quantitative estimate of drug-likeness (QED) is 0.566. The maximum Gasteiger partial charge on any atom is 0.0991 e. The molecule has 0 spiro atoms. The van der Waals surface area contributed by atoms with Crippen molar-refractivity contribution in [3.05, 3.63) is 48.0 Å². The molecule has 0 aromatic heterocycles. The highest BCUT2D eigenvalue weighted by molar-refractivity contribution is 5.34. The Hall–Kier alpha value is -1.55. The summed E-state index contributed by atoms with van der Waals surface area (Å²) in [5.74, 6) is 0. The molecule has 0 aliphatic heterocycles. The van der Waals surface area contributed by atoms with Gasteiger partial charge in [0.25, 0.3) is 0 Å². The molecule has 0 heterocycles. The zero-order valence-corrected chi connectivity index (χ0v) is 5.46. The molecule has 1 radical (unpaired) electrons. The Labute approximate surface area is 60.2 Å². The van der Waals surface area contributed by atoms with E-state index in [1.54, 1.807) is 12.1 Å². The van der Waals surface area contributed by atoms with Crippen LogP contribution >= 0.6 is 0 Å². The van der Waals surface area contributed by atoms with Gasteiger partial charge in [-0.15, -0.1) is 0 Å². The Morgan fingerprint density at radius 1 is 1.30 bits per heavy atom. The molecule has 0 aliphatic carbocycles. The van der Waals surface area contributed by atoms with Gasteiger partial charge in [0.05, 0.1) is 11.6 Å². The second kappa shape index (κ2) is 2.84. The fourth-order valence-corrected chi connectivity index (χ4v) is 0.699. The van der Waals surface area contributed by atoms with Crippen molar-refractivity contribution in [2.24, 2.45) is 0 Å². The van der Waals surface area contributed by atoms with Crippen LogP contribution in [0.5, 0.6) is 0 Å². The van der Waals surface area contributed by atoms with E-state index in [0.29, 0.717) is 5.56 Å². The first kappa shape index (κ1) is 6.57. The Bertz CT molecular complexity index is 281. The number of nitriles is 1. The van der Waals surface area contributed by atoms with Crippen molar-refractivity contribution in [1.82, 2.24) is 0 Å². The number of nitrogens with zero attached hydrogens (tertiary/aromatic N) is 1. The molecular weight excluding hydrogens is 122 g/mol. The predicted molar refractivity (Wildman–Crippen MR) is 39.1 cm³/mol. The summed E-state index contributed by atoms with van der Waals surface area (Å²) in [6.07, 6.45) is 2.70. The van der Waals surface area contributed by atoms with E-state index in [-0.39, 0.29) is 0 Å². The molecule has 10 heavy (non-hydrogen) atoms. The molecule has 0 saturated heterocycles. The summed E-state index contributed by atoms with van der Waals surface area (Å²) in [7, 11) is 0. The molecule has 1 nitrogen and oxygen atoms in total. The van der Waals surface area contributed by atoms with E-state index in [0.717, 1.165) is 5.56 Å². The fourth-order valence-electron chi connectivity index (χ4n) is 0.699. The van der Waals surface area contributed by atoms with Crippen molar-refractivity contribution in [3.63, 3.8) is 0 Å². The molecular formula is C9H6N. The minimum atomic E-state index is 0.647. The Morgan fingerprint density at radius 3 is 2.60 bits per heavy atom. The van der Waals surface area contributed by atoms with Crippen molar-refractivity contribution < 1.29 is 0 Å². The summed E-state index contributed by atoms with van der Waals surface area (Å²) in [5.41, 5.74) is 1.51. The first-order valence-electron chi connectivity index (χ1n) is 2.90. The minimum Gasteiger partial charge on any atom is -0.192 e. The van der Waals surface area contributed by atoms with Crippen molar-refractivity contribution in [3.8, 4) is 6.07 Å². The molecule has 0 amide bonds. The van der Waals surface area contributed by atoms with Crippen LogP contribution in [-0.4, -0.2) is 0 Å². The third-order valence-electron chi connectivity index (χ3n) is 1.20. The maximum atomic E-state index is 8.46. The zero-order valence-electron chi connectivity index (χ0n) is 5.46. The molecule has 1 aromatic carbocycles. The van der Waals surface area contributed by atoms with Gasteiger partial charge in [-0.3, -0.25) is 0 Å². The van der Waals surface area contributed by atoms with Gasteiger partial charge in [-0.25, -0.2) is 0 Å². The smallest absolute Gasteiger partial charge is 0.0991 e. The summed E-state index contributed by atoms with van der Waals surface area (Å²) in [6.45, 7) is 3.47. The monoisotopic (exact) mass is 128 g/mol.